The minimum atomic E-state index is -0.803. The molecular formula is C25H22Br2N2O6. The topological polar surface area (TPSA) is 94.2 Å². The number of imide groups is 2. The summed E-state index contributed by atoms with van der Waals surface area (Å²) in [5.41, 5.74) is 0.975. The summed E-state index contributed by atoms with van der Waals surface area (Å²) in [6, 6.07) is 7.68. The average molecular weight is 606 g/mol. The number of nitrogens with zero attached hydrogens (tertiary/aromatic N) is 1. The summed E-state index contributed by atoms with van der Waals surface area (Å²) < 4.78 is 17.6. The number of ether oxygens (including phenoxy) is 3. The number of hydrogen-bond donors (Lipinski definition) is 1. The first kappa shape index (κ1) is 26.3. The molecule has 0 saturated carbocycles. The molecule has 2 aromatic rings. The van der Waals surface area contributed by atoms with Gasteiger partial charge in [-0.1, -0.05) is 18.9 Å². The molecule has 1 heterocycles. The minimum Gasteiger partial charge on any atom is -0.493 e. The first-order chi connectivity index (χ1) is 16.8. The predicted molar refractivity (Wildman–Crippen MR) is 137 cm³/mol. The van der Waals surface area contributed by atoms with Crippen LogP contribution < -0.4 is 19.5 Å². The first-order valence-corrected chi connectivity index (χ1v) is 12.1. The Balaban J connectivity index is 1.87. The molecular weight excluding hydrogens is 584 g/mol. The molecule has 8 nitrogen and oxygen atoms in total. The fraction of sp³-hybridized carbons (Fsp3) is 0.240. The number of carbonyl (C=O) groups is 3. The van der Waals surface area contributed by atoms with Crippen LogP contribution in [-0.2, 0) is 16.1 Å². The van der Waals surface area contributed by atoms with Gasteiger partial charge in [-0.25, -0.2) is 4.79 Å². The molecule has 0 spiro atoms. The van der Waals surface area contributed by atoms with Crippen molar-refractivity contribution in [2.45, 2.75) is 19.9 Å². The molecule has 0 aromatic heterocycles. The van der Waals surface area contributed by atoms with E-state index < -0.39 is 17.8 Å². The number of urea groups is 1. The molecule has 1 N–H and O–H groups in total. The van der Waals surface area contributed by atoms with Crippen LogP contribution in [0.2, 0.25) is 0 Å². The van der Waals surface area contributed by atoms with E-state index in [0.717, 1.165) is 11.3 Å². The van der Waals surface area contributed by atoms with Gasteiger partial charge in [0.25, 0.3) is 11.8 Å². The maximum atomic E-state index is 13.1. The number of barbiturate groups is 1. The number of rotatable bonds is 9. The monoisotopic (exact) mass is 604 g/mol. The molecule has 35 heavy (non-hydrogen) atoms. The largest absolute Gasteiger partial charge is 0.493 e. The highest BCUT2D eigenvalue weighted by Crippen LogP contribution is 2.36. The van der Waals surface area contributed by atoms with Crippen molar-refractivity contribution in [2.24, 2.45) is 0 Å². The average Bonchev–Trinajstić information content (AvgIpc) is 2.83. The zero-order valence-corrected chi connectivity index (χ0v) is 22.2. The van der Waals surface area contributed by atoms with Crippen molar-refractivity contribution in [1.82, 2.24) is 10.2 Å². The lowest BCUT2D eigenvalue weighted by Gasteiger charge is -2.26. The van der Waals surface area contributed by atoms with Crippen molar-refractivity contribution < 1.29 is 28.6 Å². The van der Waals surface area contributed by atoms with E-state index in [1.165, 1.54) is 13.2 Å². The van der Waals surface area contributed by atoms with Gasteiger partial charge >= 0.3 is 6.03 Å². The summed E-state index contributed by atoms with van der Waals surface area (Å²) in [6.07, 6.45) is 7.48. The van der Waals surface area contributed by atoms with Crippen LogP contribution in [0.1, 0.15) is 24.5 Å². The second kappa shape index (κ2) is 11.9. The molecule has 1 aliphatic heterocycles. The number of halogens is 2. The lowest BCUT2D eigenvalue weighted by molar-refractivity contribution is -0.130. The van der Waals surface area contributed by atoms with Gasteiger partial charge in [0.2, 0.25) is 0 Å². The molecule has 2 aromatic carbocycles. The lowest BCUT2D eigenvalue weighted by Crippen LogP contribution is -2.53. The van der Waals surface area contributed by atoms with Crippen molar-refractivity contribution in [2.75, 3.05) is 20.3 Å². The van der Waals surface area contributed by atoms with Crippen LogP contribution in [0.5, 0.6) is 17.2 Å². The standard InChI is InChI=1S/C25H22Br2N2O6/c1-4-8-34-20-7-6-15(13-21(20)33-3)14-29-24(31)17(23(30)28-25(29)32)10-16-11-18(26)22(19(27)12-16)35-9-5-2/h2,6-7,10-13H,4,8-9,14H2,1,3H3,(H,28,30,32)/b17-10+. The smallest absolute Gasteiger partial charge is 0.331 e. The van der Waals surface area contributed by atoms with Gasteiger partial charge in [0.05, 0.1) is 29.2 Å². The van der Waals surface area contributed by atoms with Crippen molar-refractivity contribution >= 4 is 55.8 Å². The maximum absolute atomic E-state index is 13.1. The molecule has 0 unspecified atom stereocenters. The Morgan fingerprint density at radius 1 is 1.09 bits per heavy atom. The van der Waals surface area contributed by atoms with Gasteiger partial charge in [-0.05, 0) is 79.7 Å². The Labute approximate surface area is 219 Å². The quantitative estimate of drug-likeness (QED) is 0.253. The highest BCUT2D eigenvalue weighted by molar-refractivity contribution is 9.11. The van der Waals surface area contributed by atoms with E-state index in [9.17, 15) is 14.4 Å². The molecule has 1 aliphatic rings. The molecule has 0 radical (unpaired) electrons. The summed E-state index contributed by atoms with van der Waals surface area (Å²) in [5.74, 6) is 2.42. The third-order valence-corrected chi connectivity index (χ3v) is 6.03. The number of amides is 4. The van der Waals surface area contributed by atoms with Crippen molar-refractivity contribution in [3.63, 3.8) is 0 Å². The summed E-state index contributed by atoms with van der Waals surface area (Å²) in [5, 5.41) is 2.22. The fourth-order valence-corrected chi connectivity index (χ4v) is 4.69. The van der Waals surface area contributed by atoms with Gasteiger partial charge in [-0.15, -0.1) is 6.42 Å². The number of nitrogens with one attached hydrogen (secondary N) is 1. The maximum Gasteiger partial charge on any atom is 0.331 e. The summed E-state index contributed by atoms with van der Waals surface area (Å²) >= 11 is 6.80. The molecule has 0 atom stereocenters. The first-order valence-electron chi connectivity index (χ1n) is 10.5. The molecule has 1 fully saturated rings. The normalized spacial score (nSPS) is 14.5. The zero-order valence-electron chi connectivity index (χ0n) is 19.0. The Kier molecular flexibility index (Phi) is 8.95. The Hall–Kier alpha value is -3.29. The Morgan fingerprint density at radius 3 is 2.43 bits per heavy atom. The molecule has 4 amide bonds. The number of terminal acetylenes is 1. The summed E-state index contributed by atoms with van der Waals surface area (Å²) in [4.78, 5) is 39.1. The number of hydrogen-bond acceptors (Lipinski definition) is 6. The van der Waals surface area contributed by atoms with Crippen LogP contribution in [0, 0.1) is 12.3 Å². The van der Waals surface area contributed by atoms with E-state index >= 15 is 0 Å². The van der Waals surface area contributed by atoms with Crippen molar-refractivity contribution in [1.29, 1.82) is 0 Å². The van der Waals surface area contributed by atoms with Crippen LogP contribution in [0.3, 0.4) is 0 Å². The van der Waals surface area contributed by atoms with E-state index in [2.05, 4.69) is 43.1 Å². The summed E-state index contributed by atoms with van der Waals surface area (Å²) in [6.45, 7) is 2.53. The number of benzene rings is 2. The lowest BCUT2D eigenvalue weighted by atomic mass is 10.1. The van der Waals surface area contributed by atoms with Gasteiger partial charge in [0.1, 0.15) is 17.9 Å². The van der Waals surface area contributed by atoms with E-state index in [4.69, 9.17) is 20.6 Å². The van der Waals surface area contributed by atoms with Gasteiger partial charge in [0.15, 0.2) is 11.5 Å². The van der Waals surface area contributed by atoms with E-state index in [1.54, 1.807) is 30.3 Å². The third kappa shape index (κ3) is 6.24. The molecule has 182 valence electrons. The van der Waals surface area contributed by atoms with Crippen LogP contribution >= 0.6 is 31.9 Å². The Bertz CT molecular complexity index is 1210. The van der Waals surface area contributed by atoms with Crippen molar-refractivity contribution in [3.8, 4) is 29.6 Å². The van der Waals surface area contributed by atoms with Gasteiger partial charge in [-0.2, -0.15) is 0 Å². The molecule has 0 bridgehead atoms. The summed E-state index contributed by atoms with van der Waals surface area (Å²) in [7, 11) is 1.51. The second-order valence-electron chi connectivity index (χ2n) is 7.35. The SMILES string of the molecule is C#CCOc1c(Br)cc(/C=C2\C(=O)NC(=O)N(Cc3ccc(OCCC)c(OC)c3)C2=O)cc1Br. The minimum absolute atomic E-state index is 0.0635. The highest BCUT2D eigenvalue weighted by Gasteiger charge is 2.36. The molecule has 0 aliphatic carbocycles. The van der Waals surface area contributed by atoms with E-state index in [-0.39, 0.29) is 18.7 Å². The fourth-order valence-electron chi connectivity index (χ4n) is 3.24. The van der Waals surface area contributed by atoms with Gasteiger partial charge in [0, 0.05) is 0 Å². The van der Waals surface area contributed by atoms with E-state index in [1.807, 2.05) is 6.92 Å². The van der Waals surface area contributed by atoms with Crippen LogP contribution in [0.4, 0.5) is 4.79 Å². The molecule has 10 heteroatoms. The Morgan fingerprint density at radius 2 is 1.80 bits per heavy atom. The van der Waals surface area contributed by atoms with Crippen LogP contribution in [-0.4, -0.2) is 43.1 Å². The highest BCUT2D eigenvalue weighted by atomic mass is 79.9. The molecule has 1 saturated heterocycles. The van der Waals surface area contributed by atoms with Gasteiger partial charge < -0.3 is 14.2 Å². The third-order valence-electron chi connectivity index (χ3n) is 4.85. The van der Waals surface area contributed by atoms with Crippen molar-refractivity contribution in [3.05, 3.63) is 56.0 Å². The zero-order chi connectivity index (χ0) is 25.5. The van der Waals surface area contributed by atoms with Crippen LogP contribution in [0.15, 0.2) is 44.9 Å². The van der Waals surface area contributed by atoms with Crippen LogP contribution in [0.25, 0.3) is 6.08 Å². The number of methoxy groups -OCH3 is 1. The van der Waals surface area contributed by atoms with E-state index in [0.29, 0.717) is 43.9 Å². The second-order valence-corrected chi connectivity index (χ2v) is 9.06. The number of carbonyl (C=O) groups excluding carboxylic acids is 3. The van der Waals surface area contributed by atoms with Gasteiger partial charge in [-0.3, -0.25) is 19.8 Å². The molecule has 3 rings (SSSR count). The predicted octanol–water partition coefficient (Wildman–Crippen LogP) is 4.68.